The minimum absolute atomic E-state index is 0.292. The zero-order chi connectivity index (χ0) is 5.54. The molecule has 3 nitrogen and oxygen atoms in total. The van der Waals surface area contributed by atoms with Crippen LogP contribution in [0.2, 0.25) is 0 Å². The second-order valence-corrected chi connectivity index (χ2v) is 0.925. The zero-order valence-corrected chi connectivity index (χ0v) is 4.14. The lowest BCUT2D eigenvalue weighted by Crippen LogP contribution is -1.98. The Morgan fingerprint density at radius 2 is 2.29 bits per heavy atom. The van der Waals surface area contributed by atoms with E-state index in [2.05, 4.69) is 9.47 Å². The number of carbonyl (C=O) groups excluding carboxylic acids is 1. The van der Waals surface area contributed by atoms with Crippen molar-refractivity contribution in [3.05, 3.63) is 0 Å². The first kappa shape index (κ1) is 6.43. The van der Waals surface area contributed by atoms with Gasteiger partial charge < -0.3 is 9.47 Å². The van der Waals surface area contributed by atoms with Gasteiger partial charge in [-0.2, -0.15) is 0 Å². The van der Waals surface area contributed by atoms with Crippen molar-refractivity contribution in [3.63, 3.8) is 0 Å². The van der Waals surface area contributed by atoms with Crippen molar-refractivity contribution in [1.82, 2.24) is 0 Å². The molecule has 0 saturated carbocycles. The zero-order valence-electron chi connectivity index (χ0n) is 4.14. The highest BCUT2D eigenvalue weighted by Crippen LogP contribution is 1.66. The van der Waals surface area contributed by atoms with Crippen LogP contribution in [0.5, 0.6) is 0 Å². The number of ether oxygens (including phenoxy) is 2. The van der Waals surface area contributed by atoms with Gasteiger partial charge in [0.15, 0.2) is 0 Å². The summed E-state index contributed by atoms with van der Waals surface area (Å²) in [6.45, 7) is 2.00. The Bertz CT molecular complexity index is 44.2. The molecule has 0 N–H and O–H groups in total. The second-order valence-electron chi connectivity index (χ2n) is 0.925. The van der Waals surface area contributed by atoms with Gasteiger partial charge in [-0.05, 0) is 0 Å². The van der Waals surface area contributed by atoms with Gasteiger partial charge in [0.2, 0.25) is 0 Å². The van der Waals surface area contributed by atoms with Gasteiger partial charge >= 0.3 is 6.47 Å². The Hall–Kier alpha value is -0.570. The maximum absolute atomic E-state index is 9.28. The van der Waals surface area contributed by atoms with E-state index < -0.39 is 0 Å². The van der Waals surface area contributed by atoms with Crippen molar-refractivity contribution in [3.8, 4) is 0 Å². The summed E-state index contributed by atoms with van der Waals surface area (Å²) in [6.07, 6.45) is 0. The summed E-state index contributed by atoms with van der Waals surface area (Å²) in [5.41, 5.74) is 0. The first-order valence-corrected chi connectivity index (χ1v) is 1.89. The molecule has 0 bridgehead atoms. The summed E-state index contributed by atoms with van der Waals surface area (Å²) in [6, 6.07) is 0. The molecule has 0 rings (SSSR count). The normalized spacial score (nSPS) is 8.14. The highest BCUT2D eigenvalue weighted by Gasteiger charge is 1.79. The van der Waals surface area contributed by atoms with Gasteiger partial charge in [-0.15, -0.1) is 0 Å². The van der Waals surface area contributed by atoms with Crippen LogP contribution in [0, 0.1) is 0 Å². The lowest BCUT2D eigenvalue weighted by atomic mass is 10.8. The molecule has 7 heavy (non-hydrogen) atoms. The van der Waals surface area contributed by atoms with Gasteiger partial charge in [-0.1, -0.05) is 0 Å². The Balaban J connectivity index is 2.56. The van der Waals surface area contributed by atoms with E-state index >= 15 is 0 Å². The predicted octanol–water partition coefficient (Wildman–Crippen LogP) is -0.283. The lowest BCUT2D eigenvalue weighted by Gasteiger charge is -1.91. The fraction of sp³-hybridized carbons (Fsp3) is 0.750. The standard InChI is InChI=1S/C4H7O3/c1-6-2-3-7-4-5/h2-3H2,1H3. The number of hydrogen-bond acceptors (Lipinski definition) is 3. The van der Waals surface area contributed by atoms with Gasteiger partial charge in [-0.25, -0.2) is 4.79 Å². The molecule has 0 unspecified atom stereocenters. The topological polar surface area (TPSA) is 35.5 Å². The third-order valence-electron chi connectivity index (χ3n) is 0.448. The summed E-state index contributed by atoms with van der Waals surface area (Å²) in [7, 11) is 1.54. The molecule has 41 valence electrons. The molecule has 0 aromatic rings. The van der Waals surface area contributed by atoms with Crippen molar-refractivity contribution < 1.29 is 14.3 Å². The molecule has 0 amide bonds. The first-order valence-electron chi connectivity index (χ1n) is 1.89. The first-order chi connectivity index (χ1) is 3.41. The van der Waals surface area contributed by atoms with Crippen LogP contribution in [-0.2, 0) is 14.3 Å². The van der Waals surface area contributed by atoms with Crippen LogP contribution < -0.4 is 0 Å². The fourth-order valence-corrected chi connectivity index (χ4v) is 0.167. The summed E-state index contributed by atoms with van der Waals surface area (Å²) in [5.74, 6) is 0. The molecule has 0 aromatic heterocycles. The minimum atomic E-state index is 0.292. The molecule has 0 fully saturated rings. The van der Waals surface area contributed by atoms with E-state index in [1.807, 2.05) is 0 Å². The van der Waals surface area contributed by atoms with Gasteiger partial charge in [0.05, 0.1) is 6.61 Å². The average Bonchev–Trinajstić information content (AvgIpc) is 1.69. The van der Waals surface area contributed by atoms with E-state index in [1.54, 1.807) is 0 Å². The molecule has 0 aromatic carbocycles. The van der Waals surface area contributed by atoms with Gasteiger partial charge in [0.25, 0.3) is 0 Å². The number of methoxy groups -OCH3 is 1. The second kappa shape index (κ2) is 5.43. The van der Waals surface area contributed by atoms with E-state index in [0.29, 0.717) is 13.2 Å². The van der Waals surface area contributed by atoms with E-state index in [-0.39, 0.29) is 0 Å². The highest BCUT2D eigenvalue weighted by atomic mass is 16.5. The summed E-state index contributed by atoms with van der Waals surface area (Å²) in [4.78, 5) is 9.28. The quantitative estimate of drug-likeness (QED) is 0.459. The Kier molecular flexibility index (Phi) is 4.99. The smallest absolute Gasteiger partial charge is 0.417 e. The summed E-state index contributed by atoms with van der Waals surface area (Å²) in [5, 5.41) is 0. The molecule has 1 radical (unpaired) electrons. The van der Waals surface area contributed by atoms with Gasteiger partial charge in [0, 0.05) is 7.11 Å². The molecule has 0 aliphatic carbocycles. The third kappa shape index (κ3) is 5.43. The van der Waals surface area contributed by atoms with Crippen molar-refractivity contribution in [2.45, 2.75) is 0 Å². The fourth-order valence-electron chi connectivity index (χ4n) is 0.167. The van der Waals surface area contributed by atoms with Crippen LogP contribution in [0.3, 0.4) is 0 Å². The van der Waals surface area contributed by atoms with Crippen molar-refractivity contribution in [1.29, 1.82) is 0 Å². The van der Waals surface area contributed by atoms with E-state index in [0.717, 1.165) is 0 Å². The molecule has 0 spiro atoms. The van der Waals surface area contributed by atoms with Crippen LogP contribution in [0.15, 0.2) is 0 Å². The molecule has 0 saturated heterocycles. The highest BCUT2D eigenvalue weighted by molar-refractivity contribution is 5.37. The van der Waals surface area contributed by atoms with E-state index in [4.69, 9.17) is 0 Å². The monoisotopic (exact) mass is 103 g/mol. The Morgan fingerprint density at radius 1 is 1.57 bits per heavy atom. The summed E-state index contributed by atoms with van der Waals surface area (Å²) >= 11 is 0. The lowest BCUT2D eigenvalue weighted by molar-refractivity contribution is 0.137. The maximum Gasteiger partial charge on any atom is 0.417 e. The molecule has 0 atom stereocenters. The molecule has 0 aliphatic heterocycles. The molecule has 3 heteroatoms. The Morgan fingerprint density at radius 3 is 2.71 bits per heavy atom. The number of hydrogen-bond donors (Lipinski definition) is 0. The van der Waals surface area contributed by atoms with Gasteiger partial charge in [0.1, 0.15) is 6.61 Å². The van der Waals surface area contributed by atoms with E-state index in [9.17, 15) is 4.79 Å². The summed E-state index contributed by atoms with van der Waals surface area (Å²) < 4.78 is 8.68. The van der Waals surface area contributed by atoms with Crippen LogP contribution >= 0.6 is 0 Å². The molecule has 0 aliphatic rings. The molecule has 0 heterocycles. The van der Waals surface area contributed by atoms with Crippen molar-refractivity contribution >= 4 is 6.47 Å². The Labute approximate surface area is 42.2 Å². The molecular weight excluding hydrogens is 96.0 g/mol. The van der Waals surface area contributed by atoms with Crippen LogP contribution in [0.25, 0.3) is 0 Å². The largest absolute Gasteiger partial charge is 0.455 e. The van der Waals surface area contributed by atoms with Crippen LogP contribution in [0.4, 0.5) is 0 Å². The minimum Gasteiger partial charge on any atom is -0.455 e. The number of rotatable bonds is 4. The predicted molar refractivity (Wildman–Crippen MR) is 23.5 cm³/mol. The molecular formula is C4H7O3. The average molecular weight is 103 g/mol. The van der Waals surface area contributed by atoms with E-state index in [1.165, 1.54) is 13.6 Å². The van der Waals surface area contributed by atoms with Crippen LogP contribution in [0.1, 0.15) is 0 Å². The maximum atomic E-state index is 9.28. The van der Waals surface area contributed by atoms with Crippen molar-refractivity contribution in [2.24, 2.45) is 0 Å². The third-order valence-corrected chi connectivity index (χ3v) is 0.448. The van der Waals surface area contributed by atoms with Crippen LogP contribution in [-0.4, -0.2) is 26.8 Å². The van der Waals surface area contributed by atoms with Crippen molar-refractivity contribution in [2.75, 3.05) is 20.3 Å². The van der Waals surface area contributed by atoms with Gasteiger partial charge in [-0.3, -0.25) is 0 Å². The SMILES string of the molecule is COCCO[C]=O.